The third kappa shape index (κ3) is 9.99. The van der Waals surface area contributed by atoms with E-state index in [-0.39, 0.29) is 29.8 Å². The highest BCUT2D eigenvalue weighted by molar-refractivity contribution is 14.0. The van der Waals surface area contributed by atoms with Gasteiger partial charge in [0.2, 0.25) is 0 Å². The normalized spacial score (nSPS) is 11.4. The number of benzene rings is 1. The number of aliphatic imine (C=N–C) groups is 1. The van der Waals surface area contributed by atoms with Crippen LogP contribution in [0.4, 0.5) is 4.39 Å². The Kier molecular flexibility index (Phi) is 13.8. The number of hydrogen-bond acceptors (Lipinski definition) is 2. The zero-order chi connectivity index (χ0) is 17.8. The van der Waals surface area contributed by atoms with Gasteiger partial charge in [-0.1, -0.05) is 19.9 Å². The molecule has 0 fully saturated rings. The van der Waals surface area contributed by atoms with E-state index in [1.54, 1.807) is 13.1 Å². The fourth-order valence-electron chi connectivity index (χ4n) is 2.68. The summed E-state index contributed by atoms with van der Waals surface area (Å²) in [5, 5.41) is 6.67. The smallest absolute Gasteiger partial charge is 0.190 e. The van der Waals surface area contributed by atoms with Gasteiger partial charge >= 0.3 is 0 Å². The monoisotopic (exact) mass is 464 g/mol. The Bertz CT molecular complexity index is 504. The molecule has 1 aromatic rings. The van der Waals surface area contributed by atoms with Gasteiger partial charge in [0.05, 0.1) is 0 Å². The van der Waals surface area contributed by atoms with Crippen LogP contribution in [-0.4, -0.2) is 50.6 Å². The zero-order valence-electron chi connectivity index (χ0n) is 16.1. The van der Waals surface area contributed by atoms with Crippen LogP contribution in [0.15, 0.2) is 23.2 Å². The largest absolute Gasteiger partial charge is 0.356 e. The van der Waals surface area contributed by atoms with Crippen molar-refractivity contribution in [3.05, 3.63) is 35.1 Å². The molecule has 0 radical (unpaired) electrons. The second-order valence-electron chi connectivity index (χ2n) is 5.98. The number of nitrogens with zero attached hydrogens (tertiary/aromatic N) is 2. The van der Waals surface area contributed by atoms with Gasteiger partial charge in [0.25, 0.3) is 0 Å². The van der Waals surface area contributed by atoms with Crippen molar-refractivity contribution in [2.45, 2.75) is 40.0 Å². The summed E-state index contributed by atoms with van der Waals surface area (Å²) in [6.07, 6.45) is 3.18. The van der Waals surface area contributed by atoms with Crippen molar-refractivity contribution >= 4 is 29.9 Å². The average molecular weight is 464 g/mol. The van der Waals surface area contributed by atoms with Crippen molar-refractivity contribution in [3.8, 4) is 0 Å². The molecule has 0 heterocycles. The quantitative estimate of drug-likeness (QED) is 0.241. The van der Waals surface area contributed by atoms with Crippen LogP contribution in [0.1, 0.15) is 37.8 Å². The molecule has 0 aliphatic carbocycles. The molecule has 0 aliphatic heterocycles. The Hall–Kier alpha value is -0.890. The third-order valence-corrected chi connectivity index (χ3v) is 4.30. The molecule has 0 aliphatic rings. The molecule has 0 atom stereocenters. The third-order valence-electron chi connectivity index (χ3n) is 4.30. The van der Waals surface area contributed by atoms with Gasteiger partial charge in [-0.15, -0.1) is 24.0 Å². The van der Waals surface area contributed by atoms with Gasteiger partial charge in [-0.2, -0.15) is 0 Å². The van der Waals surface area contributed by atoms with Crippen molar-refractivity contribution < 1.29 is 4.39 Å². The first-order valence-electron chi connectivity index (χ1n) is 9.02. The summed E-state index contributed by atoms with van der Waals surface area (Å²) in [5.41, 5.74) is 2.16. The van der Waals surface area contributed by atoms with E-state index in [1.807, 2.05) is 13.0 Å². The molecule has 0 spiro atoms. The highest BCUT2D eigenvalue weighted by Gasteiger charge is 2.02. The van der Waals surface area contributed by atoms with E-state index < -0.39 is 0 Å². The van der Waals surface area contributed by atoms with E-state index in [0.29, 0.717) is 0 Å². The lowest BCUT2D eigenvalue weighted by atomic mass is 10.1. The summed E-state index contributed by atoms with van der Waals surface area (Å²) >= 11 is 0. The van der Waals surface area contributed by atoms with Crippen LogP contribution >= 0.6 is 24.0 Å². The summed E-state index contributed by atoms with van der Waals surface area (Å²) in [7, 11) is 1.79. The van der Waals surface area contributed by atoms with Gasteiger partial charge < -0.3 is 15.5 Å². The Balaban J connectivity index is 0.00000576. The molecule has 0 amide bonds. The first kappa shape index (κ1) is 24.1. The zero-order valence-corrected chi connectivity index (χ0v) is 18.4. The van der Waals surface area contributed by atoms with Gasteiger partial charge in [-0.25, -0.2) is 4.39 Å². The van der Waals surface area contributed by atoms with Crippen LogP contribution in [0.25, 0.3) is 0 Å². The lowest BCUT2D eigenvalue weighted by molar-refractivity contribution is 0.297. The molecule has 0 saturated heterocycles. The Labute approximate surface area is 169 Å². The molecule has 0 bridgehead atoms. The molecular weight excluding hydrogens is 430 g/mol. The lowest BCUT2D eigenvalue weighted by Crippen LogP contribution is -2.39. The summed E-state index contributed by atoms with van der Waals surface area (Å²) in [6, 6.07) is 4.96. The fourth-order valence-corrected chi connectivity index (χ4v) is 2.68. The topological polar surface area (TPSA) is 39.7 Å². The molecule has 1 aromatic carbocycles. The maximum absolute atomic E-state index is 13.1. The molecule has 0 aromatic heterocycles. The van der Waals surface area contributed by atoms with Crippen LogP contribution in [0, 0.1) is 12.7 Å². The minimum Gasteiger partial charge on any atom is -0.356 e. The van der Waals surface area contributed by atoms with Crippen LogP contribution in [0.2, 0.25) is 0 Å². The van der Waals surface area contributed by atoms with Gasteiger partial charge in [0.15, 0.2) is 5.96 Å². The summed E-state index contributed by atoms with van der Waals surface area (Å²) < 4.78 is 13.1. The first-order chi connectivity index (χ1) is 11.6. The molecule has 6 heteroatoms. The molecule has 25 heavy (non-hydrogen) atoms. The average Bonchev–Trinajstić information content (AvgIpc) is 2.58. The second-order valence-corrected chi connectivity index (χ2v) is 5.98. The molecular formula is C19H34FIN4. The van der Waals surface area contributed by atoms with E-state index in [2.05, 4.69) is 34.4 Å². The molecule has 1 rings (SSSR count). The number of hydrogen-bond donors (Lipinski definition) is 2. The van der Waals surface area contributed by atoms with Crippen LogP contribution < -0.4 is 10.6 Å². The number of nitrogens with one attached hydrogen (secondary N) is 2. The van der Waals surface area contributed by atoms with Crippen molar-refractivity contribution in [3.63, 3.8) is 0 Å². The van der Waals surface area contributed by atoms with E-state index in [9.17, 15) is 4.39 Å². The van der Waals surface area contributed by atoms with Gasteiger partial charge in [0.1, 0.15) is 5.82 Å². The van der Waals surface area contributed by atoms with Crippen LogP contribution in [0.5, 0.6) is 0 Å². The predicted octanol–water partition coefficient (Wildman–Crippen LogP) is 3.58. The summed E-state index contributed by atoms with van der Waals surface area (Å²) in [4.78, 5) is 6.69. The molecule has 2 N–H and O–H groups in total. The summed E-state index contributed by atoms with van der Waals surface area (Å²) in [5.74, 6) is 0.656. The maximum atomic E-state index is 13.1. The van der Waals surface area contributed by atoms with E-state index in [4.69, 9.17) is 0 Å². The van der Waals surface area contributed by atoms with Gasteiger partial charge in [-0.05, 0) is 69.1 Å². The standard InChI is InChI=1S/C19H33FN4.HI/c1-5-24(6-2)14-8-7-12-22-19(21-4)23-13-11-17-9-10-18(20)15-16(17)3;/h9-10,15H,5-8,11-14H2,1-4H3,(H2,21,22,23);1H. The number of rotatable bonds is 10. The van der Waals surface area contributed by atoms with E-state index in [1.165, 1.54) is 18.1 Å². The fraction of sp³-hybridized carbons (Fsp3) is 0.632. The van der Waals surface area contributed by atoms with Crippen molar-refractivity contribution in [2.75, 3.05) is 39.8 Å². The van der Waals surface area contributed by atoms with Crippen molar-refractivity contribution in [1.82, 2.24) is 15.5 Å². The molecule has 0 unspecified atom stereocenters. The van der Waals surface area contributed by atoms with Crippen LogP contribution in [0.3, 0.4) is 0 Å². The number of aryl methyl sites for hydroxylation is 1. The van der Waals surface area contributed by atoms with Gasteiger partial charge in [0, 0.05) is 20.1 Å². The second kappa shape index (κ2) is 14.3. The minimum atomic E-state index is -0.175. The van der Waals surface area contributed by atoms with Crippen molar-refractivity contribution in [1.29, 1.82) is 0 Å². The van der Waals surface area contributed by atoms with Crippen molar-refractivity contribution in [2.24, 2.45) is 4.99 Å². The first-order valence-corrected chi connectivity index (χ1v) is 9.02. The van der Waals surface area contributed by atoms with Gasteiger partial charge in [-0.3, -0.25) is 4.99 Å². The number of guanidine groups is 1. The minimum absolute atomic E-state index is 0. The Morgan fingerprint density at radius 3 is 2.40 bits per heavy atom. The molecule has 144 valence electrons. The van der Waals surface area contributed by atoms with E-state index in [0.717, 1.165) is 57.1 Å². The molecule has 4 nitrogen and oxygen atoms in total. The summed E-state index contributed by atoms with van der Waals surface area (Å²) in [6.45, 7) is 11.5. The lowest BCUT2D eigenvalue weighted by Gasteiger charge is -2.18. The predicted molar refractivity (Wildman–Crippen MR) is 117 cm³/mol. The maximum Gasteiger partial charge on any atom is 0.190 e. The highest BCUT2D eigenvalue weighted by atomic mass is 127. The highest BCUT2D eigenvalue weighted by Crippen LogP contribution is 2.10. The van der Waals surface area contributed by atoms with Crippen LogP contribution in [-0.2, 0) is 6.42 Å². The number of unbranched alkanes of at least 4 members (excludes halogenated alkanes) is 1. The SMILES string of the molecule is CCN(CC)CCCCNC(=NC)NCCc1ccc(F)cc1C.I. The molecule has 0 saturated carbocycles. The Morgan fingerprint density at radius 1 is 1.12 bits per heavy atom. The van der Waals surface area contributed by atoms with E-state index >= 15 is 0 Å². The Morgan fingerprint density at radius 2 is 1.80 bits per heavy atom. The number of halogens is 2.